The van der Waals surface area contributed by atoms with Gasteiger partial charge >= 0.3 is 5.97 Å². The topological polar surface area (TPSA) is 112 Å². The number of amides is 1. The molecule has 1 aliphatic heterocycles. The van der Waals surface area contributed by atoms with Crippen LogP contribution in [0.2, 0.25) is 0 Å². The molecule has 0 radical (unpaired) electrons. The number of carboxylic acids is 1. The number of carbonyl (C=O) groups is 3. The molecule has 1 saturated heterocycles. The van der Waals surface area contributed by atoms with E-state index >= 15 is 0 Å². The lowest BCUT2D eigenvalue weighted by atomic mass is 9.43. The number of allylic oxidation sites excluding steroid dienone is 1. The van der Waals surface area contributed by atoms with Crippen molar-refractivity contribution in [2.75, 3.05) is 6.54 Å². The van der Waals surface area contributed by atoms with Crippen LogP contribution in [0, 0.1) is 29.1 Å². The molecule has 43 heavy (non-hydrogen) atoms. The van der Waals surface area contributed by atoms with Crippen molar-refractivity contribution < 1.29 is 19.5 Å². The Balaban J connectivity index is 1.37. The average molecular weight is 579 g/mol. The molecule has 0 spiro atoms. The van der Waals surface area contributed by atoms with Crippen LogP contribution < -0.4 is 5.32 Å². The molecule has 7 rings (SSSR count). The summed E-state index contributed by atoms with van der Waals surface area (Å²) < 4.78 is 0. The van der Waals surface area contributed by atoms with Gasteiger partial charge in [0.25, 0.3) is 5.91 Å². The Morgan fingerprint density at radius 1 is 0.930 bits per heavy atom. The van der Waals surface area contributed by atoms with E-state index in [1.54, 1.807) is 24.8 Å². The van der Waals surface area contributed by atoms with Gasteiger partial charge in [0.2, 0.25) is 0 Å². The lowest BCUT2D eigenvalue weighted by Gasteiger charge is -2.62. The first-order valence-electron chi connectivity index (χ1n) is 15.0. The van der Waals surface area contributed by atoms with Crippen molar-refractivity contribution in [3.05, 3.63) is 107 Å². The van der Waals surface area contributed by atoms with Crippen molar-refractivity contribution in [1.82, 2.24) is 20.2 Å². The molecule has 2 N–H and O–H groups in total. The molecular formula is C35H38N4O4. The maximum Gasteiger partial charge on any atom is 0.335 e. The van der Waals surface area contributed by atoms with Gasteiger partial charge in [0, 0.05) is 55.8 Å². The molecule has 3 aliphatic carbocycles. The minimum absolute atomic E-state index is 0.0490. The van der Waals surface area contributed by atoms with E-state index in [1.165, 1.54) is 36.8 Å². The zero-order valence-corrected chi connectivity index (χ0v) is 24.9. The second kappa shape index (κ2) is 11.1. The number of ketones is 1. The molecule has 8 heteroatoms. The van der Waals surface area contributed by atoms with Crippen LogP contribution in [-0.4, -0.2) is 49.7 Å². The second-order valence-corrected chi connectivity index (χ2v) is 13.2. The highest BCUT2D eigenvalue weighted by Crippen LogP contribution is 2.63. The molecule has 3 aromatic rings. The average Bonchev–Trinajstić information content (AvgIpc) is 3.23. The minimum atomic E-state index is -1.05. The second-order valence-electron chi connectivity index (χ2n) is 13.2. The Morgan fingerprint density at radius 3 is 2.00 bits per heavy atom. The van der Waals surface area contributed by atoms with Crippen molar-refractivity contribution >= 4 is 17.7 Å². The summed E-state index contributed by atoms with van der Waals surface area (Å²) in [4.78, 5) is 49.7. The molecule has 3 heterocycles. The van der Waals surface area contributed by atoms with Gasteiger partial charge in [0.15, 0.2) is 5.78 Å². The molecule has 1 aromatic carbocycles. The molecule has 4 atom stereocenters. The molecular weight excluding hydrogens is 540 g/mol. The summed E-state index contributed by atoms with van der Waals surface area (Å²) in [6.07, 6.45) is 11.6. The standard InChI is InChI=1S/C35H38N4O4/c1-22-27(16-28-17-29(22)34(28,2)3)21-39-31(18-30(40)25-4-6-26(7-5-25)32(41)42)38-35(33(39)43,19-23-8-12-36-13-9-23)20-24-10-14-37-15-11-24/h4-15,18,22,27-29,38H,16-17,19-21H2,1-3H3,(H,41,42). The van der Waals surface area contributed by atoms with Gasteiger partial charge in [-0.3, -0.25) is 24.5 Å². The number of hydrogen-bond acceptors (Lipinski definition) is 6. The van der Waals surface area contributed by atoms with Crippen LogP contribution in [0.1, 0.15) is 65.5 Å². The van der Waals surface area contributed by atoms with Gasteiger partial charge in [-0.2, -0.15) is 0 Å². The van der Waals surface area contributed by atoms with E-state index in [9.17, 15) is 19.5 Å². The van der Waals surface area contributed by atoms with E-state index in [-0.39, 0.29) is 17.3 Å². The van der Waals surface area contributed by atoms with Crippen LogP contribution in [-0.2, 0) is 17.6 Å². The smallest absolute Gasteiger partial charge is 0.335 e. The molecule has 3 saturated carbocycles. The molecule has 4 fully saturated rings. The van der Waals surface area contributed by atoms with Crippen LogP contribution in [0.5, 0.6) is 0 Å². The fourth-order valence-corrected chi connectivity index (χ4v) is 7.75. The maximum atomic E-state index is 14.7. The van der Waals surface area contributed by atoms with Crippen LogP contribution in [0.3, 0.4) is 0 Å². The van der Waals surface area contributed by atoms with Crippen LogP contribution in [0.4, 0.5) is 0 Å². The number of aromatic carboxylic acids is 1. The Morgan fingerprint density at radius 2 is 1.49 bits per heavy atom. The van der Waals surface area contributed by atoms with E-state index in [4.69, 9.17) is 0 Å². The third kappa shape index (κ3) is 5.35. The van der Waals surface area contributed by atoms with Gasteiger partial charge in [-0.1, -0.05) is 32.9 Å². The number of carbonyl (C=O) groups excluding carboxylic acids is 2. The maximum absolute atomic E-state index is 14.7. The predicted molar refractivity (Wildman–Crippen MR) is 162 cm³/mol. The van der Waals surface area contributed by atoms with Crippen molar-refractivity contribution in [2.45, 2.75) is 52.0 Å². The third-order valence-corrected chi connectivity index (χ3v) is 10.4. The van der Waals surface area contributed by atoms with Crippen molar-refractivity contribution in [3.8, 4) is 0 Å². The molecule has 1 amide bonds. The number of rotatable bonds is 9. The molecule has 2 bridgehead atoms. The van der Waals surface area contributed by atoms with Gasteiger partial charge in [0.05, 0.1) is 5.56 Å². The number of nitrogens with one attached hydrogen (secondary N) is 1. The lowest BCUT2D eigenvalue weighted by Crippen LogP contribution is -2.57. The Labute approximate surface area is 252 Å². The summed E-state index contributed by atoms with van der Waals surface area (Å²) in [5.41, 5.74) is 1.73. The number of hydrogen-bond donors (Lipinski definition) is 2. The number of benzene rings is 1. The normalized spacial score (nSPS) is 26.1. The summed E-state index contributed by atoms with van der Waals surface area (Å²) in [7, 11) is 0. The summed E-state index contributed by atoms with van der Waals surface area (Å²) in [5, 5.41) is 12.8. The number of pyridine rings is 2. The van der Waals surface area contributed by atoms with E-state index in [0.29, 0.717) is 59.9 Å². The number of aromatic nitrogens is 2. The van der Waals surface area contributed by atoms with E-state index < -0.39 is 11.5 Å². The highest BCUT2D eigenvalue weighted by atomic mass is 16.4. The molecule has 4 unspecified atom stereocenters. The predicted octanol–water partition coefficient (Wildman–Crippen LogP) is 5.17. The molecule has 222 valence electrons. The van der Waals surface area contributed by atoms with Crippen LogP contribution in [0.25, 0.3) is 0 Å². The highest BCUT2D eigenvalue weighted by molar-refractivity contribution is 6.06. The van der Waals surface area contributed by atoms with E-state index in [2.05, 4.69) is 36.1 Å². The largest absolute Gasteiger partial charge is 0.478 e. The van der Waals surface area contributed by atoms with Crippen molar-refractivity contribution in [2.24, 2.45) is 29.1 Å². The van der Waals surface area contributed by atoms with Crippen LogP contribution in [0.15, 0.2) is 85.2 Å². The first kappa shape index (κ1) is 28.8. The zero-order chi connectivity index (χ0) is 30.4. The molecule has 8 nitrogen and oxygen atoms in total. The van der Waals surface area contributed by atoms with E-state index in [1.807, 2.05) is 29.2 Å². The van der Waals surface area contributed by atoms with Gasteiger partial charge in [-0.25, -0.2) is 4.79 Å². The van der Waals surface area contributed by atoms with Gasteiger partial charge in [-0.15, -0.1) is 0 Å². The molecule has 2 aromatic heterocycles. The van der Waals surface area contributed by atoms with Gasteiger partial charge in [0.1, 0.15) is 11.4 Å². The highest BCUT2D eigenvalue weighted by Gasteiger charge is 2.57. The van der Waals surface area contributed by atoms with Crippen molar-refractivity contribution in [1.29, 1.82) is 0 Å². The fraction of sp³-hybridized carbons (Fsp3) is 0.400. The SMILES string of the molecule is CC1C(CN2C(=O)C(Cc3ccncc3)(Cc3ccncc3)NC2=CC(=O)c2ccc(C(=O)O)cc2)CC2CC1C2(C)C. The number of carboxylic acid groups (broad SMARTS) is 1. The fourth-order valence-electron chi connectivity index (χ4n) is 7.75. The Kier molecular flexibility index (Phi) is 7.40. The Bertz CT molecular complexity index is 1510. The Hall–Kier alpha value is -4.33. The minimum Gasteiger partial charge on any atom is -0.478 e. The van der Waals surface area contributed by atoms with Crippen LogP contribution >= 0.6 is 0 Å². The number of nitrogens with zero attached hydrogens (tertiary/aromatic N) is 3. The summed E-state index contributed by atoms with van der Waals surface area (Å²) >= 11 is 0. The number of fused-ring (bicyclic) bond motifs is 2. The van der Waals surface area contributed by atoms with E-state index in [0.717, 1.165) is 17.5 Å². The lowest BCUT2D eigenvalue weighted by molar-refractivity contribution is -0.142. The van der Waals surface area contributed by atoms with Gasteiger partial charge in [-0.05, 0) is 89.5 Å². The quantitative estimate of drug-likeness (QED) is 0.266. The first-order valence-corrected chi connectivity index (χ1v) is 15.0. The zero-order valence-electron chi connectivity index (χ0n) is 24.9. The van der Waals surface area contributed by atoms with Gasteiger partial charge < -0.3 is 10.4 Å². The summed E-state index contributed by atoms with van der Waals surface area (Å²) in [6, 6.07) is 13.6. The third-order valence-electron chi connectivity index (χ3n) is 10.4. The first-order chi connectivity index (χ1) is 20.6. The monoisotopic (exact) mass is 578 g/mol. The summed E-state index contributed by atoms with van der Waals surface area (Å²) in [5.74, 6) is 1.16. The summed E-state index contributed by atoms with van der Waals surface area (Å²) in [6.45, 7) is 7.60. The van der Waals surface area contributed by atoms with Crippen molar-refractivity contribution in [3.63, 3.8) is 0 Å². The molecule has 4 aliphatic rings.